The molecular weight excluding hydrogens is 614 g/mol. The molecule has 0 radical (unpaired) electrons. The van der Waals surface area contributed by atoms with Gasteiger partial charge in [-0.25, -0.2) is 14.8 Å². The lowest BCUT2D eigenvalue weighted by molar-refractivity contribution is 0.0698. The van der Waals surface area contributed by atoms with Gasteiger partial charge in [0.1, 0.15) is 41.1 Å². The number of ether oxygens (including phenoxy) is 1. The molecule has 45 heavy (non-hydrogen) atoms. The van der Waals surface area contributed by atoms with Crippen LogP contribution in [0.2, 0.25) is 5.02 Å². The molecule has 5 heterocycles. The van der Waals surface area contributed by atoms with Crippen molar-refractivity contribution < 1.29 is 14.6 Å². The quantitative estimate of drug-likeness (QED) is 0.256. The van der Waals surface area contributed by atoms with Gasteiger partial charge >= 0.3 is 5.97 Å². The van der Waals surface area contributed by atoms with Crippen LogP contribution in [0.15, 0.2) is 35.3 Å². The molecule has 0 aliphatic carbocycles. The van der Waals surface area contributed by atoms with Gasteiger partial charge in [0, 0.05) is 53.4 Å². The Morgan fingerprint density at radius 2 is 1.87 bits per heavy atom. The molecule has 1 saturated heterocycles. The van der Waals surface area contributed by atoms with Crippen LogP contribution in [0.1, 0.15) is 32.3 Å². The van der Waals surface area contributed by atoms with E-state index in [1.54, 1.807) is 38.2 Å². The molecule has 0 amide bonds. The second kappa shape index (κ2) is 12.1. The number of aromatic carboxylic acids is 1. The molecular formula is C32H30ClN7O4S. The molecule has 0 atom stereocenters. The Morgan fingerprint density at radius 3 is 2.58 bits per heavy atom. The van der Waals surface area contributed by atoms with Crippen LogP contribution in [-0.4, -0.2) is 75.3 Å². The lowest BCUT2D eigenvalue weighted by atomic mass is 10.0. The molecule has 0 bridgehead atoms. The van der Waals surface area contributed by atoms with E-state index in [1.165, 1.54) is 15.9 Å². The van der Waals surface area contributed by atoms with Crippen molar-refractivity contribution in [3.8, 4) is 22.9 Å². The summed E-state index contributed by atoms with van der Waals surface area (Å²) in [5.74, 6) is 0.492. The molecule has 1 aliphatic heterocycles. The van der Waals surface area contributed by atoms with Gasteiger partial charge in [-0.3, -0.25) is 14.3 Å². The Hall–Kier alpha value is -4.57. The van der Waals surface area contributed by atoms with Crippen LogP contribution in [0.25, 0.3) is 32.2 Å². The fraction of sp³-hybridized carbons (Fsp3) is 0.312. The number of nitrogens with zero attached hydrogens (tertiary/aromatic N) is 7. The number of benzene rings is 1. The summed E-state index contributed by atoms with van der Waals surface area (Å²) in [4.78, 5) is 44.6. The van der Waals surface area contributed by atoms with Crippen LogP contribution in [0, 0.1) is 32.1 Å². The zero-order valence-corrected chi connectivity index (χ0v) is 26.8. The van der Waals surface area contributed by atoms with E-state index in [0.29, 0.717) is 62.7 Å². The van der Waals surface area contributed by atoms with E-state index in [4.69, 9.17) is 26.3 Å². The Balaban J connectivity index is 1.35. The summed E-state index contributed by atoms with van der Waals surface area (Å²) in [7, 11) is 2.05. The number of hydrogen-bond donors (Lipinski definition) is 1. The molecule has 230 valence electrons. The number of carboxylic acids is 1. The molecule has 1 aliphatic rings. The van der Waals surface area contributed by atoms with Crippen molar-refractivity contribution in [3.63, 3.8) is 0 Å². The minimum absolute atomic E-state index is 0.123. The third-order valence-corrected chi connectivity index (χ3v) is 9.49. The molecule has 6 rings (SSSR count). The molecule has 0 saturated carbocycles. The number of nitriles is 1. The average molecular weight is 644 g/mol. The summed E-state index contributed by atoms with van der Waals surface area (Å²) in [6, 6.07) is 9.29. The second-order valence-corrected chi connectivity index (χ2v) is 12.7. The third kappa shape index (κ3) is 5.48. The van der Waals surface area contributed by atoms with Crippen LogP contribution in [0.4, 0.5) is 5.82 Å². The third-order valence-electron chi connectivity index (χ3n) is 8.13. The Labute approximate surface area is 267 Å². The number of rotatable bonds is 7. The van der Waals surface area contributed by atoms with Crippen molar-refractivity contribution in [3.05, 3.63) is 73.4 Å². The highest BCUT2D eigenvalue weighted by Crippen LogP contribution is 2.41. The fourth-order valence-electron chi connectivity index (χ4n) is 5.79. The predicted octanol–water partition coefficient (Wildman–Crippen LogP) is 5.05. The number of anilines is 1. The topological polar surface area (TPSA) is 137 Å². The van der Waals surface area contributed by atoms with E-state index in [9.17, 15) is 20.0 Å². The second-order valence-electron chi connectivity index (χ2n) is 11.0. The molecule has 1 N–H and O–H groups in total. The van der Waals surface area contributed by atoms with Crippen LogP contribution in [-0.2, 0) is 6.54 Å². The number of thiophene rings is 1. The molecule has 11 nitrogen and oxygen atoms in total. The lowest BCUT2D eigenvalue weighted by Crippen LogP contribution is -2.45. The summed E-state index contributed by atoms with van der Waals surface area (Å²) >= 11 is 7.75. The monoisotopic (exact) mass is 643 g/mol. The summed E-state index contributed by atoms with van der Waals surface area (Å²) in [6.45, 7) is 8.72. The molecule has 1 aromatic carbocycles. The number of carboxylic acid groups (broad SMARTS) is 1. The standard InChI is InChI=1S/C32H30ClN7O4S/c1-17-27-26(23(16-34)30(36-17)39-11-9-38(4)10-12-39)31(41)40(19(3)37-27)13-14-44-24-6-5-20(33)15-22(24)21-7-8-35-28-25(32(42)43)18(2)45-29(21)28/h5-8,15H,9-14H2,1-4H3,(H,42,43). The van der Waals surface area contributed by atoms with Crippen molar-refractivity contribution in [2.45, 2.75) is 27.3 Å². The molecule has 4 aromatic heterocycles. The minimum atomic E-state index is -1.03. The molecule has 13 heteroatoms. The van der Waals surface area contributed by atoms with E-state index in [2.05, 4.69) is 27.9 Å². The van der Waals surface area contributed by atoms with Crippen molar-refractivity contribution in [1.29, 1.82) is 5.26 Å². The summed E-state index contributed by atoms with van der Waals surface area (Å²) < 4.78 is 8.49. The van der Waals surface area contributed by atoms with Crippen molar-refractivity contribution in [2.24, 2.45) is 0 Å². The first-order valence-corrected chi connectivity index (χ1v) is 15.6. The first-order valence-electron chi connectivity index (χ1n) is 14.4. The number of pyridine rings is 2. The maximum absolute atomic E-state index is 14.0. The maximum Gasteiger partial charge on any atom is 0.339 e. The normalized spacial score (nSPS) is 13.8. The largest absolute Gasteiger partial charge is 0.491 e. The smallest absolute Gasteiger partial charge is 0.339 e. The lowest BCUT2D eigenvalue weighted by Gasteiger charge is -2.34. The molecule has 0 spiro atoms. The van der Waals surface area contributed by atoms with Gasteiger partial charge in [-0.1, -0.05) is 11.6 Å². The van der Waals surface area contributed by atoms with Gasteiger partial charge in [0.15, 0.2) is 0 Å². The number of piperazine rings is 1. The molecule has 1 fully saturated rings. The fourth-order valence-corrected chi connectivity index (χ4v) is 7.10. The first-order chi connectivity index (χ1) is 21.6. The number of likely N-dealkylation sites (N-methyl/N-ethyl adjacent to an activating group) is 1. The highest BCUT2D eigenvalue weighted by atomic mass is 35.5. The van der Waals surface area contributed by atoms with Crippen LogP contribution in [0.5, 0.6) is 5.75 Å². The Bertz CT molecular complexity index is 2090. The first kappa shape index (κ1) is 30.5. The van der Waals surface area contributed by atoms with Gasteiger partial charge in [-0.2, -0.15) is 5.26 Å². The number of aryl methyl sites for hydroxylation is 3. The summed E-state index contributed by atoms with van der Waals surface area (Å²) in [5, 5.41) is 20.7. The maximum atomic E-state index is 14.0. The molecule has 5 aromatic rings. The van der Waals surface area contributed by atoms with Crippen LogP contribution in [0.3, 0.4) is 0 Å². The number of halogens is 1. The van der Waals surface area contributed by atoms with E-state index in [0.717, 1.165) is 23.4 Å². The average Bonchev–Trinajstić information content (AvgIpc) is 3.36. The number of aromatic nitrogens is 4. The highest BCUT2D eigenvalue weighted by molar-refractivity contribution is 7.20. The van der Waals surface area contributed by atoms with E-state index in [1.807, 2.05) is 13.0 Å². The van der Waals surface area contributed by atoms with Crippen LogP contribution >= 0.6 is 22.9 Å². The highest BCUT2D eigenvalue weighted by Gasteiger charge is 2.25. The summed E-state index contributed by atoms with van der Waals surface area (Å²) in [5.41, 5.74) is 2.96. The number of hydrogen-bond acceptors (Lipinski definition) is 10. The Morgan fingerprint density at radius 1 is 1.11 bits per heavy atom. The van der Waals surface area contributed by atoms with E-state index < -0.39 is 5.97 Å². The number of carbonyl (C=O) groups is 1. The van der Waals surface area contributed by atoms with Crippen molar-refractivity contribution >= 4 is 55.8 Å². The molecule has 0 unspecified atom stereocenters. The minimum Gasteiger partial charge on any atom is -0.491 e. The van der Waals surface area contributed by atoms with Gasteiger partial charge in [0.25, 0.3) is 5.56 Å². The van der Waals surface area contributed by atoms with Crippen LogP contribution < -0.4 is 15.2 Å². The van der Waals surface area contributed by atoms with Gasteiger partial charge in [0.2, 0.25) is 0 Å². The van der Waals surface area contributed by atoms with Gasteiger partial charge in [-0.05, 0) is 52.1 Å². The van der Waals surface area contributed by atoms with Gasteiger partial charge in [-0.15, -0.1) is 11.3 Å². The predicted molar refractivity (Wildman–Crippen MR) is 175 cm³/mol. The van der Waals surface area contributed by atoms with Crippen molar-refractivity contribution in [2.75, 3.05) is 44.7 Å². The van der Waals surface area contributed by atoms with E-state index >= 15 is 0 Å². The zero-order chi connectivity index (χ0) is 32.0. The van der Waals surface area contributed by atoms with E-state index in [-0.39, 0.29) is 35.2 Å². The summed E-state index contributed by atoms with van der Waals surface area (Å²) in [6.07, 6.45) is 1.57. The van der Waals surface area contributed by atoms with Crippen molar-refractivity contribution in [1.82, 2.24) is 24.4 Å². The Kier molecular flexibility index (Phi) is 8.18. The zero-order valence-electron chi connectivity index (χ0n) is 25.2. The van der Waals surface area contributed by atoms with Gasteiger partial charge < -0.3 is 19.6 Å². The number of fused-ring (bicyclic) bond motifs is 2. The van der Waals surface area contributed by atoms with Gasteiger partial charge in [0.05, 0.1) is 33.4 Å². The SMILES string of the molecule is Cc1sc2c(-c3cc(Cl)ccc3OCCn3c(C)nc4c(C)nc(N5CCN(C)CC5)c(C#N)c4c3=O)ccnc2c1C(=O)O.